The van der Waals surface area contributed by atoms with Crippen LogP contribution in [0.1, 0.15) is 67.7 Å². The lowest BCUT2D eigenvalue weighted by atomic mass is 9.91. The van der Waals surface area contributed by atoms with Crippen LogP contribution >= 0.6 is 0 Å². The van der Waals surface area contributed by atoms with E-state index >= 15 is 0 Å². The Hall–Kier alpha value is -2.74. The number of methoxy groups -OCH3 is 1. The van der Waals surface area contributed by atoms with Gasteiger partial charge in [0.05, 0.1) is 12.2 Å². The second-order valence-electron chi connectivity index (χ2n) is 7.75. The summed E-state index contributed by atoms with van der Waals surface area (Å²) in [7, 11) is 1.55. The van der Waals surface area contributed by atoms with Crippen LogP contribution in [0.2, 0.25) is 0 Å². The summed E-state index contributed by atoms with van der Waals surface area (Å²) < 4.78 is 7.18. The fourth-order valence-corrected chi connectivity index (χ4v) is 3.68. The smallest absolute Gasteiger partial charge is 0.273 e. The Labute approximate surface area is 171 Å². The van der Waals surface area contributed by atoms with Gasteiger partial charge < -0.3 is 15.4 Å². The number of carbonyl (C=O) groups is 2. The van der Waals surface area contributed by atoms with Crippen molar-refractivity contribution in [1.82, 2.24) is 25.6 Å². The summed E-state index contributed by atoms with van der Waals surface area (Å²) in [5.41, 5.74) is 1.18. The average Bonchev–Trinajstić information content (AvgIpc) is 3.20. The molecule has 8 nitrogen and oxygen atoms in total. The molecule has 1 saturated carbocycles. The maximum Gasteiger partial charge on any atom is 0.273 e. The van der Waals surface area contributed by atoms with Crippen LogP contribution in [0.4, 0.5) is 0 Å². The first-order valence-electron chi connectivity index (χ1n) is 10.1. The topological polar surface area (TPSA) is 98.1 Å². The standard InChI is InChI=1S/C21H29N5O3/c1-14(2)22-20(27)18-13-26(25-24-18)17-11-9-16(10-12-17)23-21(28)19(29-3)15-7-5-4-6-8-15/h4-8,13-14,16-17,19H,9-12H2,1-3H3,(H,22,27)(H,23,28). The second-order valence-corrected chi connectivity index (χ2v) is 7.75. The van der Waals surface area contributed by atoms with Crippen LogP contribution < -0.4 is 10.6 Å². The molecule has 1 heterocycles. The van der Waals surface area contributed by atoms with E-state index in [9.17, 15) is 9.59 Å². The molecule has 3 rings (SSSR count). The Balaban J connectivity index is 1.52. The molecule has 2 N–H and O–H groups in total. The van der Waals surface area contributed by atoms with E-state index in [4.69, 9.17) is 4.74 Å². The highest BCUT2D eigenvalue weighted by Gasteiger charge is 2.28. The third-order valence-electron chi connectivity index (χ3n) is 5.16. The van der Waals surface area contributed by atoms with Crippen LogP contribution in [0.3, 0.4) is 0 Å². The summed E-state index contributed by atoms with van der Waals surface area (Å²) in [6, 6.07) is 9.83. The van der Waals surface area contributed by atoms with Gasteiger partial charge in [-0.05, 0) is 45.1 Å². The number of ether oxygens (including phenoxy) is 1. The molecule has 8 heteroatoms. The van der Waals surface area contributed by atoms with E-state index in [-0.39, 0.29) is 29.9 Å². The minimum atomic E-state index is -0.605. The van der Waals surface area contributed by atoms with E-state index in [1.165, 1.54) is 0 Å². The molecule has 1 aromatic carbocycles. The van der Waals surface area contributed by atoms with Gasteiger partial charge >= 0.3 is 0 Å². The molecule has 1 atom stereocenters. The van der Waals surface area contributed by atoms with Crippen molar-refractivity contribution in [2.24, 2.45) is 0 Å². The molecule has 2 aromatic rings. The van der Waals surface area contributed by atoms with Crippen LogP contribution in [0.5, 0.6) is 0 Å². The van der Waals surface area contributed by atoms with Crippen molar-refractivity contribution in [2.75, 3.05) is 7.11 Å². The zero-order valence-corrected chi connectivity index (χ0v) is 17.2. The third-order valence-corrected chi connectivity index (χ3v) is 5.16. The van der Waals surface area contributed by atoms with E-state index in [0.717, 1.165) is 31.2 Å². The fourth-order valence-electron chi connectivity index (χ4n) is 3.68. The van der Waals surface area contributed by atoms with Gasteiger partial charge in [0.1, 0.15) is 0 Å². The summed E-state index contributed by atoms with van der Waals surface area (Å²) >= 11 is 0. The molecule has 2 amide bonds. The maximum atomic E-state index is 12.7. The van der Waals surface area contributed by atoms with Gasteiger partial charge in [0.15, 0.2) is 11.8 Å². The quantitative estimate of drug-likeness (QED) is 0.745. The molecule has 1 aliphatic carbocycles. The van der Waals surface area contributed by atoms with E-state index in [1.54, 1.807) is 18.0 Å². The Bertz CT molecular complexity index is 813. The molecule has 0 radical (unpaired) electrons. The number of hydrogen-bond donors (Lipinski definition) is 2. The molecule has 0 bridgehead atoms. The number of carbonyl (C=O) groups excluding carboxylic acids is 2. The van der Waals surface area contributed by atoms with Crippen LogP contribution in [-0.4, -0.2) is 46.0 Å². The Morgan fingerprint density at radius 2 is 1.83 bits per heavy atom. The Kier molecular flexibility index (Phi) is 6.98. The lowest BCUT2D eigenvalue weighted by Gasteiger charge is -2.30. The number of amides is 2. The first-order chi connectivity index (χ1) is 14.0. The largest absolute Gasteiger partial charge is 0.367 e. The van der Waals surface area contributed by atoms with Gasteiger partial charge in [-0.3, -0.25) is 9.59 Å². The van der Waals surface area contributed by atoms with Crippen molar-refractivity contribution < 1.29 is 14.3 Å². The van der Waals surface area contributed by atoms with Crippen LogP contribution in [-0.2, 0) is 9.53 Å². The average molecular weight is 399 g/mol. The van der Waals surface area contributed by atoms with Gasteiger partial charge in [0.25, 0.3) is 11.8 Å². The number of nitrogens with zero attached hydrogens (tertiary/aromatic N) is 3. The van der Waals surface area contributed by atoms with Crippen molar-refractivity contribution >= 4 is 11.8 Å². The molecule has 1 aromatic heterocycles. The molecular weight excluding hydrogens is 370 g/mol. The molecular formula is C21H29N5O3. The van der Waals surface area contributed by atoms with Gasteiger partial charge in [-0.15, -0.1) is 5.10 Å². The summed E-state index contributed by atoms with van der Waals surface area (Å²) in [5.74, 6) is -0.325. The van der Waals surface area contributed by atoms with Crippen molar-refractivity contribution in [3.8, 4) is 0 Å². The fraction of sp³-hybridized carbons (Fsp3) is 0.524. The van der Waals surface area contributed by atoms with Crippen LogP contribution in [0, 0.1) is 0 Å². The zero-order valence-electron chi connectivity index (χ0n) is 17.2. The molecule has 1 fully saturated rings. The molecule has 1 unspecified atom stereocenters. The highest BCUT2D eigenvalue weighted by molar-refractivity contribution is 5.92. The molecule has 0 spiro atoms. The molecule has 0 saturated heterocycles. The second kappa shape index (κ2) is 9.65. The monoisotopic (exact) mass is 399 g/mol. The third kappa shape index (κ3) is 5.41. The van der Waals surface area contributed by atoms with Gasteiger partial charge in [0, 0.05) is 19.2 Å². The lowest BCUT2D eigenvalue weighted by molar-refractivity contribution is -0.132. The number of hydrogen-bond acceptors (Lipinski definition) is 5. The summed E-state index contributed by atoms with van der Waals surface area (Å²) in [4.78, 5) is 24.7. The SMILES string of the molecule is COC(C(=O)NC1CCC(n2cc(C(=O)NC(C)C)nn2)CC1)c1ccccc1. The molecule has 1 aliphatic rings. The Morgan fingerprint density at radius 1 is 1.14 bits per heavy atom. The van der Waals surface area contributed by atoms with Gasteiger partial charge in [-0.1, -0.05) is 35.5 Å². The molecule has 29 heavy (non-hydrogen) atoms. The van der Waals surface area contributed by atoms with E-state index in [0.29, 0.717) is 5.69 Å². The van der Waals surface area contributed by atoms with Gasteiger partial charge in [-0.2, -0.15) is 0 Å². The first-order valence-corrected chi connectivity index (χ1v) is 10.1. The van der Waals surface area contributed by atoms with Gasteiger partial charge in [-0.25, -0.2) is 4.68 Å². The van der Waals surface area contributed by atoms with Crippen LogP contribution in [0.25, 0.3) is 0 Å². The number of aromatic nitrogens is 3. The van der Waals surface area contributed by atoms with Crippen molar-refractivity contribution in [1.29, 1.82) is 0 Å². The van der Waals surface area contributed by atoms with E-state index in [1.807, 2.05) is 44.2 Å². The number of rotatable bonds is 7. The summed E-state index contributed by atoms with van der Waals surface area (Å²) in [6.45, 7) is 3.81. The van der Waals surface area contributed by atoms with E-state index in [2.05, 4.69) is 20.9 Å². The normalized spacial score (nSPS) is 20.3. The number of nitrogens with one attached hydrogen (secondary N) is 2. The van der Waals surface area contributed by atoms with Gasteiger partial charge in [0.2, 0.25) is 0 Å². The highest BCUT2D eigenvalue weighted by Crippen LogP contribution is 2.28. The minimum absolute atomic E-state index is 0.0542. The first kappa shape index (κ1) is 21.0. The predicted octanol–water partition coefficient (Wildman–Crippen LogP) is 2.40. The lowest BCUT2D eigenvalue weighted by Crippen LogP contribution is -2.41. The van der Waals surface area contributed by atoms with Crippen molar-refractivity contribution in [2.45, 2.75) is 63.8 Å². The summed E-state index contributed by atoms with van der Waals surface area (Å²) in [5, 5.41) is 14.1. The molecule has 156 valence electrons. The zero-order chi connectivity index (χ0) is 20.8. The Morgan fingerprint density at radius 3 is 2.45 bits per heavy atom. The van der Waals surface area contributed by atoms with Crippen molar-refractivity contribution in [3.05, 3.63) is 47.8 Å². The number of benzene rings is 1. The maximum absolute atomic E-state index is 12.7. The van der Waals surface area contributed by atoms with Crippen molar-refractivity contribution in [3.63, 3.8) is 0 Å². The minimum Gasteiger partial charge on any atom is -0.367 e. The molecule has 0 aliphatic heterocycles. The highest BCUT2D eigenvalue weighted by atomic mass is 16.5. The predicted molar refractivity (Wildman–Crippen MR) is 108 cm³/mol. The summed E-state index contributed by atoms with van der Waals surface area (Å²) in [6.07, 6.45) is 4.51. The van der Waals surface area contributed by atoms with E-state index < -0.39 is 6.10 Å². The van der Waals surface area contributed by atoms with Crippen LogP contribution in [0.15, 0.2) is 36.5 Å².